The fourth-order valence-corrected chi connectivity index (χ4v) is 5.59. The van der Waals surface area contributed by atoms with Crippen molar-refractivity contribution in [3.05, 3.63) is 92.2 Å². The Hall–Kier alpha value is -2.59. The molecule has 3 aromatic rings. The molecule has 0 spiro atoms. The van der Waals surface area contributed by atoms with Crippen molar-refractivity contribution in [3.63, 3.8) is 0 Å². The fraction of sp³-hybridized carbons (Fsp3) is 0.238. The van der Waals surface area contributed by atoms with Gasteiger partial charge in [-0.25, -0.2) is 13.1 Å². The molecule has 2 aromatic carbocycles. The first-order valence-corrected chi connectivity index (χ1v) is 11.9. The largest absolute Gasteiger partial charge is 0.290 e. The highest BCUT2D eigenvalue weighted by Gasteiger charge is 2.27. The van der Waals surface area contributed by atoms with E-state index in [1.54, 1.807) is 11.3 Å². The standard InChI is InChI=1S/C21H21N3O4S2/c25-24(26)18-7-9-19(10-8-18)30(27,28)22-14-20(21-6-3-13-29-21)23-12-11-16-4-1-2-5-17(16)15-23/h1-10,13,20,22H,11-12,14-15H2/t20-/m0/s1. The van der Waals surface area contributed by atoms with Crippen molar-refractivity contribution in [2.24, 2.45) is 0 Å². The predicted molar refractivity (Wildman–Crippen MR) is 116 cm³/mol. The Morgan fingerprint density at radius 1 is 1.07 bits per heavy atom. The summed E-state index contributed by atoms with van der Waals surface area (Å²) in [5.41, 5.74) is 2.46. The number of sulfonamides is 1. The highest BCUT2D eigenvalue weighted by molar-refractivity contribution is 7.89. The summed E-state index contributed by atoms with van der Waals surface area (Å²) in [6, 6.07) is 17.2. The summed E-state index contributed by atoms with van der Waals surface area (Å²) < 4.78 is 28.2. The van der Waals surface area contributed by atoms with Gasteiger partial charge in [0.05, 0.1) is 15.9 Å². The molecule has 1 atom stereocenters. The van der Waals surface area contributed by atoms with Gasteiger partial charge in [0.25, 0.3) is 5.69 Å². The van der Waals surface area contributed by atoms with Crippen LogP contribution in [-0.2, 0) is 23.0 Å². The van der Waals surface area contributed by atoms with Crippen molar-refractivity contribution < 1.29 is 13.3 Å². The third-order valence-corrected chi connectivity index (χ3v) is 7.71. The second-order valence-electron chi connectivity index (χ2n) is 7.12. The lowest BCUT2D eigenvalue weighted by Crippen LogP contribution is -2.40. The van der Waals surface area contributed by atoms with E-state index in [2.05, 4.69) is 21.8 Å². The van der Waals surface area contributed by atoms with Crippen molar-refractivity contribution in [3.8, 4) is 0 Å². The van der Waals surface area contributed by atoms with Gasteiger partial charge in [0.1, 0.15) is 0 Å². The van der Waals surface area contributed by atoms with Crippen LogP contribution < -0.4 is 4.72 Å². The molecule has 156 valence electrons. The number of benzene rings is 2. The van der Waals surface area contributed by atoms with Gasteiger partial charge in [0, 0.05) is 36.6 Å². The lowest BCUT2D eigenvalue weighted by molar-refractivity contribution is -0.384. The van der Waals surface area contributed by atoms with Crippen molar-refractivity contribution in [1.29, 1.82) is 0 Å². The summed E-state index contributed by atoms with van der Waals surface area (Å²) in [4.78, 5) is 13.7. The smallest absolute Gasteiger partial charge is 0.269 e. The van der Waals surface area contributed by atoms with E-state index in [-0.39, 0.29) is 23.2 Å². The Labute approximate surface area is 179 Å². The Morgan fingerprint density at radius 3 is 2.47 bits per heavy atom. The average Bonchev–Trinajstić information content (AvgIpc) is 3.28. The van der Waals surface area contributed by atoms with Gasteiger partial charge in [-0.15, -0.1) is 11.3 Å². The molecule has 7 nitrogen and oxygen atoms in total. The summed E-state index contributed by atoms with van der Waals surface area (Å²) in [5.74, 6) is 0. The maximum Gasteiger partial charge on any atom is 0.269 e. The van der Waals surface area contributed by atoms with Crippen molar-refractivity contribution in [2.75, 3.05) is 13.1 Å². The minimum Gasteiger partial charge on any atom is -0.290 e. The van der Waals surface area contributed by atoms with E-state index >= 15 is 0 Å². The molecule has 0 fully saturated rings. The van der Waals surface area contributed by atoms with Crippen molar-refractivity contribution >= 4 is 27.0 Å². The second kappa shape index (κ2) is 8.65. The molecule has 0 saturated heterocycles. The van der Waals surface area contributed by atoms with Gasteiger partial charge in [-0.05, 0) is 41.1 Å². The maximum absolute atomic E-state index is 12.8. The summed E-state index contributed by atoms with van der Waals surface area (Å²) in [7, 11) is -3.78. The molecule has 0 aliphatic carbocycles. The molecule has 1 aliphatic rings. The Balaban J connectivity index is 1.52. The van der Waals surface area contributed by atoms with Crippen LogP contribution in [-0.4, -0.2) is 31.3 Å². The summed E-state index contributed by atoms with van der Waals surface area (Å²) in [6.07, 6.45) is 0.924. The predicted octanol–water partition coefficient (Wildman–Crippen LogP) is 3.73. The Morgan fingerprint density at radius 2 is 1.80 bits per heavy atom. The van der Waals surface area contributed by atoms with Crippen LogP contribution >= 0.6 is 11.3 Å². The molecule has 0 saturated carbocycles. The molecule has 1 N–H and O–H groups in total. The molecular formula is C21H21N3O4S2. The minimum atomic E-state index is -3.78. The Bertz CT molecular complexity index is 1130. The fourth-order valence-electron chi connectivity index (χ4n) is 3.69. The molecule has 0 unspecified atom stereocenters. The number of hydrogen-bond donors (Lipinski definition) is 1. The molecule has 0 bridgehead atoms. The SMILES string of the molecule is O=[N+]([O-])c1ccc(S(=O)(=O)NC[C@@H](c2cccs2)N2CCc3ccccc3C2)cc1. The van der Waals surface area contributed by atoms with Gasteiger partial charge in [0.15, 0.2) is 0 Å². The van der Waals surface area contributed by atoms with Crippen LogP contribution in [0.25, 0.3) is 0 Å². The van der Waals surface area contributed by atoms with Crippen LogP contribution in [0.5, 0.6) is 0 Å². The van der Waals surface area contributed by atoms with E-state index in [1.807, 2.05) is 29.6 Å². The number of fused-ring (bicyclic) bond motifs is 1. The zero-order valence-electron chi connectivity index (χ0n) is 16.1. The van der Waals surface area contributed by atoms with Gasteiger partial charge >= 0.3 is 0 Å². The highest BCUT2D eigenvalue weighted by Crippen LogP contribution is 2.30. The van der Waals surface area contributed by atoms with E-state index < -0.39 is 14.9 Å². The number of nitro groups is 1. The van der Waals surface area contributed by atoms with Gasteiger partial charge in [0.2, 0.25) is 10.0 Å². The Kier molecular flexibility index (Phi) is 5.96. The topological polar surface area (TPSA) is 92.5 Å². The molecule has 2 heterocycles. The monoisotopic (exact) mass is 443 g/mol. The zero-order valence-corrected chi connectivity index (χ0v) is 17.7. The van der Waals surface area contributed by atoms with Crippen molar-refractivity contribution in [2.45, 2.75) is 23.9 Å². The van der Waals surface area contributed by atoms with Crippen LogP contribution in [0.2, 0.25) is 0 Å². The van der Waals surface area contributed by atoms with Crippen LogP contribution in [0.4, 0.5) is 5.69 Å². The molecule has 4 rings (SSSR count). The van der Waals surface area contributed by atoms with Crippen LogP contribution in [0.3, 0.4) is 0 Å². The first-order chi connectivity index (χ1) is 14.4. The van der Waals surface area contributed by atoms with Crippen molar-refractivity contribution in [1.82, 2.24) is 9.62 Å². The number of non-ortho nitro benzene ring substituents is 1. The normalized spacial score (nSPS) is 15.5. The van der Waals surface area contributed by atoms with E-state index in [9.17, 15) is 18.5 Å². The first kappa shape index (κ1) is 20.7. The van der Waals surface area contributed by atoms with E-state index in [4.69, 9.17) is 0 Å². The number of thiophene rings is 1. The molecule has 0 radical (unpaired) electrons. The van der Waals surface area contributed by atoms with Crippen LogP contribution in [0, 0.1) is 10.1 Å². The minimum absolute atomic E-state index is 0.0158. The van der Waals surface area contributed by atoms with E-state index in [0.717, 1.165) is 24.4 Å². The number of hydrogen-bond acceptors (Lipinski definition) is 6. The highest BCUT2D eigenvalue weighted by atomic mass is 32.2. The number of nitrogens with one attached hydrogen (secondary N) is 1. The van der Waals surface area contributed by atoms with Gasteiger partial charge in [-0.3, -0.25) is 15.0 Å². The quantitative estimate of drug-likeness (QED) is 0.444. The lowest BCUT2D eigenvalue weighted by Gasteiger charge is -2.35. The second-order valence-corrected chi connectivity index (χ2v) is 9.87. The molecule has 9 heteroatoms. The van der Waals surface area contributed by atoms with Gasteiger partial charge < -0.3 is 0 Å². The molecular weight excluding hydrogens is 422 g/mol. The molecule has 1 aromatic heterocycles. The number of nitro benzene ring substituents is 1. The maximum atomic E-state index is 12.8. The molecule has 30 heavy (non-hydrogen) atoms. The van der Waals surface area contributed by atoms with Crippen LogP contribution in [0.1, 0.15) is 22.0 Å². The lowest BCUT2D eigenvalue weighted by atomic mass is 9.98. The number of nitrogens with zero attached hydrogens (tertiary/aromatic N) is 2. The van der Waals surface area contributed by atoms with E-state index in [1.165, 1.54) is 35.4 Å². The van der Waals surface area contributed by atoms with E-state index in [0.29, 0.717) is 0 Å². The molecule has 1 aliphatic heterocycles. The average molecular weight is 444 g/mol. The molecule has 0 amide bonds. The van der Waals surface area contributed by atoms with Crippen LogP contribution in [0.15, 0.2) is 70.9 Å². The first-order valence-electron chi connectivity index (χ1n) is 9.52. The summed E-state index contributed by atoms with van der Waals surface area (Å²) >= 11 is 1.61. The third-order valence-electron chi connectivity index (χ3n) is 5.30. The number of rotatable bonds is 7. The zero-order chi connectivity index (χ0) is 21.1. The summed E-state index contributed by atoms with van der Waals surface area (Å²) in [5, 5.41) is 12.8. The summed E-state index contributed by atoms with van der Waals surface area (Å²) in [6.45, 7) is 1.83. The van der Waals surface area contributed by atoms with Gasteiger partial charge in [-0.2, -0.15) is 0 Å². The third kappa shape index (κ3) is 4.44. The van der Waals surface area contributed by atoms with Gasteiger partial charge in [-0.1, -0.05) is 30.3 Å².